The van der Waals surface area contributed by atoms with Gasteiger partial charge in [0.1, 0.15) is 5.76 Å². The molecule has 3 aromatic rings. The lowest BCUT2D eigenvalue weighted by molar-refractivity contribution is -0.129. The van der Waals surface area contributed by atoms with E-state index < -0.39 is 0 Å². The molecule has 25 heavy (non-hydrogen) atoms. The maximum Gasteiger partial charge on any atom is 0.230 e. The predicted octanol–water partition coefficient (Wildman–Crippen LogP) is 3.29. The van der Waals surface area contributed by atoms with Gasteiger partial charge >= 0.3 is 0 Å². The van der Waals surface area contributed by atoms with Gasteiger partial charge < -0.3 is 9.32 Å². The summed E-state index contributed by atoms with van der Waals surface area (Å²) in [6.07, 6.45) is 4.55. The van der Waals surface area contributed by atoms with Crippen LogP contribution in [0.15, 0.2) is 59.3 Å². The molecule has 0 N–H and O–H groups in total. The number of nitrogens with zero attached hydrogens (tertiary/aromatic N) is 3. The highest BCUT2D eigenvalue weighted by molar-refractivity contribution is 5.78. The van der Waals surface area contributed by atoms with Crippen molar-refractivity contribution in [2.24, 2.45) is 0 Å². The van der Waals surface area contributed by atoms with Crippen LogP contribution in [-0.2, 0) is 17.6 Å². The van der Waals surface area contributed by atoms with E-state index in [2.05, 4.69) is 9.97 Å². The standard InChI is InChI=1S/C20H21N3O2/c1-15-18(25-20(22-15)17-6-4-3-5-7-17)14-19(24)23(2)13-10-16-8-11-21-12-9-16/h3-9,11-12H,10,13-14H2,1-2H3. The summed E-state index contributed by atoms with van der Waals surface area (Å²) >= 11 is 0. The second kappa shape index (κ2) is 7.75. The molecule has 3 rings (SSSR count). The number of hydrogen-bond acceptors (Lipinski definition) is 4. The topological polar surface area (TPSA) is 59.2 Å². The number of benzene rings is 1. The molecule has 2 aromatic heterocycles. The normalized spacial score (nSPS) is 10.6. The van der Waals surface area contributed by atoms with Crippen molar-refractivity contribution in [2.45, 2.75) is 19.8 Å². The number of carbonyl (C=O) groups excluding carboxylic acids is 1. The number of pyridine rings is 1. The van der Waals surface area contributed by atoms with E-state index in [-0.39, 0.29) is 12.3 Å². The molecule has 0 atom stereocenters. The van der Waals surface area contributed by atoms with Gasteiger partial charge in [0.05, 0.1) is 12.1 Å². The number of aryl methyl sites for hydroxylation is 1. The summed E-state index contributed by atoms with van der Waals surface area (Å²) in [5.41, 5.74) is 2.84. The zero-order valence-corrected chi connectivity index (χ0v) is 14.5. The Morgan fingerprint density at radius 1 is 1.12 bits per heavy atom. The third-order valence-electron chi connectivity index (χ3n) is 4.14. The van der Waals surface area contributed by atoms with Gasteiger partial charge in [-0.15, -0.1) is 0 Å². The van der Waals surface area contributed by atoms with E-state index in [1.807, 2.05) is 56.4 Å². The van der Waals surface area contributed by atoms with Gasteiger partial charge in [-0.1, -0.05) is 18.2 Å². The minimum absolute atomic E-state index is 0.0212. The first-order chi connectivity index (χ1) is 12.1. The number of amides is 1. The summed E-state index contributed by atoms with van der Waals surface area (Å²) in [4.78, 5) is 22.6. The molecule has 0 aliphatic rings. The second-order valence-corrected chi connectivity index (χ2v) is 5.99. The molecule has 128 valence electrons. The van der Waals surface area contributed by atoms with Gasteiger partial charge in [-0.3, -0.25) is 9.78 Å². The van der Waals surface area contributed by atoms with Crippen LogP contribution in [0.1, 0.15) is 17.0 Å². The minimum Gasteiger partial charge on any atom is -0.440 e. The average molecular weight is 335 g/mol. The molecular weight excluding hydrogens is 314 g/mol. The fraction of sp³-hybridized carbons (Fsp3) is 0.250. The Hall–Kier alpha value is -2.95. The monoisotopic (exact) mass is 335 g/mol. The first kappa shape index (κ1) is 16.9. The zero-order chi connectivity index (χ0) is 17.6. The van der Waals surface area contributed by atoms with E-state index in [0.29, 0.717) is 18.2 Å². The molecule has 0 radical (unpaired) electrons. The molecule has 5 heteroatoms. The Labute approximate surface area is 147 Å². The van der Waals surface area contributed by atoms with Crippen LogP contribution < -0.4 is 0 Å². The Morgan fingerprint density at radius 3 is 2.56 bits per heavy atom. The highest BCUT2D eigenvalue weighted by Gasteiger charge is 2.17. The van der Waals surface area contributed by atoms with Crippen LogP contribution in [0, 0.1) is 6.92 Å². The van der Waals surface area contributed by atoms with Gasteiger partial charge in [-0.2, -0.15) is 0 Å². The fourth-order valence-corrected chi connectivity index (χ4v) is 2.54. The van der Waals surface area contributed by atoms with Crippen LogP contribution in [0.25, 0.3) is 11.5 Å². The zero-order valence-electron chi connectivity index (χ0n) is 14.5. The number of likely N-dealkylation sites (N-methyl/N-ethyl adjacent to an activating group) is 1. The van der Waals surface area contributed by atoms with Crippen molar-refractivity contribution in [3.8, 4) is 11.5 Å². The summed E-state index contributed by atoms with van der Waals surface area (Å²) in [7, 11) is 1.81. The number of aromatic nitrogens is 2. The minimum atomic E-state index is 0.0212. The van der Waals surface area contributed by atoms with E-state index in [4.69, 9.17) is 4.42 Å². The lowest BCUT2D eigenvalue weighted by Crippen LogP contribution is -2.30. The third kappa shape index (κ3) is 4.32. The van der Waals surface area contributed by atoms with Gasteiger partial charge in [0.2, 0.25) is 11.8 Å². The van der Waals surface area contributed by atoms with Crippen molar-refractivity contribution in [2.75, 3.05) is 13.6 Å². The fourth-order valence-electron chi connectivity index (χ4n) is 2.54. The van der Waals surface area contributed by atoms with Gasteiger partial charge in [0.25, 0.3) is 0 Å². The van der Waals surface area contributed by atoms with Gasteiger partial charge in [-0.25, -0.2) is 4.98 Å². The molecule has 2 heterocycles. The van der Waals surface area contributed by atoms with Crippen molar-refractivity contribution in [3.05, 3.63) is 71.9 Å². The molecule has 0 saturated heterocycles. The first-order valence-corrected chi connectivity index (χ1v) is 8.28. The lowest BCUT2D eigenvalue weighted by Gasteiger charge is -2.16. The largest absolute Gasteiger partial charge is 0.440 e. The van der Waals surface area contributed by atoms with Gasteiger partial charge in [-0.05, 0) is 43.2 Å². The molecule has 1 aromatic carbocycles. The van der Waals surface area contributed by atoms with Crippen molar-refractivity contribution in [1.29, 1.82) is 0 Å². The Kier molecular flexibility index (Phi) is 5.23. The smallest absolute Gasteiger partial charge is 0.230 e. The average Bonchev–Trinajstić information content (AvgIpc) is 3.02. The summed E-state index contributed by atoms with van der Waals surface area (Å²) < 4.78 is 5.82. The van der Waals surface area contributed by atoms with Crippen molar-refractivity contribution >= 4 is 5.91 Å². The van der Waals surface area contributed by atoms with Crippen molar-refractivity contribution in [1.82, 2.24) is 14.9 Å². The Bertz CT molecular complexity index is 829. The van der Waals surface area contributed by atoms with E-state index in [0.717, 1.165) is 23.2 Å². The summed E-state index contributed by atoms with van der Waals surface area (Å²) in [5, 5.41) is 0. The summed E-state index contributed by atoms with van der Waals surface area (Å²) in [6, 6.07) is 13.6. The molecule has 0 unspecified atom stereocenters. The molecule has 0 spiro atoms. The van der Waals surface area contributed by atoms with E-state index in [1.165, 1.54) is 0 Å². The first-order valence-electron chi connectivity index (χ1n) is 8.28. The maximum atomic E-state index is 12.5. The third-order valence-corrected chi connectivity index (χ3v) is 4.14. The van der Waals surface area contributed by atoms with Gasteiger partial charge in [0.15, 0.2) is 0 Å². The van der Waals surface area contributed by atoms with E-state index in [9.17, 15) is 4.79 Å². The Morgan fingerprint density at radius 2 is 1.84 bits per heavy atom. The summed E-state index contributed by atoms with van der Waals surface area (Å²) in [5.74, 6) is 1.20. The summed E-state index contributed by atoms with van der Waals surface area (Å²) in [6.45, 7) is 2.52. The van der Waals surface area contributed by atoms with Crippen molar-refractivity contribution in [3.63, 3.8) is 0 Å². The molecule has 5 nitrogen and oxygen atoms in total. The number of oxazole rings is 1. The highest BCUT2D eigenvalue weighted by Crippen LogP contribution is 2.22. The van der Waals surface area contributed by atoms with Crippen LogP contribution in [-0.4, -0.2) is 34.4 Å². The number of hydrogen-bond donors (Lipinski definition) is 0. The van der Waals surface area contributed by atoms with Crippen LogP contribution in [0.4, 0.5) is 0 Å². The molecule has 0 saturated carbocycles. The maximum absolute atomic E-state index is 12.5. The van der Waals surface area contributed by atoms with Crippen LogP contribution in [0.3, 0.4) is 0 Å². The van der Waals surface area contributed by atoms with Crippen LogP contribution in [0.2, 0.25) is 0 Å². The van der Waals surface area contributed by atoms with E-state index >= 15 is 0 Å². The highest BCUT2D eigenvalue weighted by atomic mass is 16.4. The molecule has 0 bridgehead atoms. The Balaban J connectivity index is 1.61. The second-order valence-electron chi connectivity index (χ2n) is 5.99. The quantitative estimate of drug-likeness (QED) is 0.693. The van der Waals surface area contributed by atoms with Gasteiger partial charge in [0, 0.05) is 31.5 Å². The molecule has 0 aliphatic carbocycles. The predicted molar refractivity (Wildman–Crippen MR) is 96.0 cm³/mol. The molecule has 0 fully saturated rings. The molecule has 0 aliphatic heterocycles. The molecule has 1 amide bonds. The van der Waals surface area contributed by atoms with Crippen LogP contribution in [0.5, 0.6) is 0 Å². The van der Waals surface area contributed by atoms with E-state index in [1.54, 1.807) is 17.3 Å². The molecular formula is C20H21N3O2. The van der Waals surface area contributed by atoms with Crippen LogP contribution >= 0.6 is 0 Å². The number of carbonyl (C=O) groups is 1. The van der Waals surface area contributed by atoms with Crippen molar-refractivity contribution < 1.29 is 9.21 Å². The number of rotatable bonds is 6. The SMILES string of the molecule is Cc1nc(-c2ccccc2)oc1CC(=O)N(C)CCc1ccncc1. The lowest BCUT2D eigenvalue weighted by atomic mass is 10.2.